The quantitative estimate of drug-likeness (QED) is 0.928. The number of hydrogen-bond donors (Lipinski definition) is 1. The number of hydrogen-bond acceptors (Lipinski definition) is 5. The summed E-state index contributed by atoms with van der Waals surface area (Å²) >= 11 is 5.77. The molecule has 1 fully saturated rings. The molecule has 0 bridgehead atoms. The number of carbonyl (C=O) groups excluding carboxylic acids is 1. The summed E-state index contributed by atoms with van der Waals surface area (Å²) in [5.74, 6) is 0.767. The molecule has 1 N–H and O–H groups in total. The second-order valence-electron chi connectivity index (χ2n) is 5.54. The Labute approximate surface area is 139 Å². The van der Waals surface area contributed by atoms with E-state index in [1.54, 1.807) is 12.3 Å². The van der Waals surface area contributed by atoms with E-state index in [0.29, 0.717) is 18.2 Å². The average molecular weight is 332 g/mol. The molecule has 2 aromatic heterocycles. The summed E-state index contributed by atoms with van der Waals surface area (Å²) in [7, 11) is 0. The van der Waals surface area contributed by atoms with Crippen molar-refractivity contribution in [3.8, 4) is 0 Å². The number of aromatic nitrogens is 3. The van der Waals surface area contributed by atoms with Gasteiger partial charge in [-0.15, -0.1) is 10.2 Å². The minimum Gasteiger partial charge on any atom is -0.354 e. The third kappa shape index (κ3) is 4.16. The van der Waals surface area contributed by atoms with Gasteiger partial charge in [-0.25, -0.2) is 0 Å². The van der Waals surface area contributed by atoms with Gasteiger partial charge in [-0.05, 0) is 37.1 Å². The first-order valence-electron chi connectivity index (χ1n) is 7.64. The van der Waals surface area contributed by atoms with Crippen LogP contribution < -0.4 is 10.2 Å². The molecule has 6 nitrogen and oxygen atoms in total. The van der Waals surface area contributed by atoms with E-state index in [4.69, 9.17) is 11.6 Å². The van der Waals surface area contributed by atoms with E-state index in [0.717, 1.165) is 30.9 Å². The SMILES string of the molecule is O=C(NCc1ccccn1)C1CCCN(c2ccc(Cl)nn2)C1. The average Bonchev–Trinajstić information content (AvgIpc) is 2.61. The van der Waals surface area contributed by atoms with Gasteiger partial charge in [0.05, 0.1) is 18.2 Å². The highest BCUT2D eigenvalue weighted by Crippen LogP contribution is 2.22. The Hall–Kier alpha value is -2.21. The molecule has 2 aromatic rings. The number of piperidine rings is 1. The summed E-state index contributed by atoms with van der Waals surface area (Å²) in [6.07, 6.45) is 3.56. The molecule has 1 aliphatic rings. The molecule has 120 valence electrons. The molecule has 1 aliphatic heterocycles. The summed E-state index contributed by atoms with van der Waals surface area (Å²) < 4.78 is 0. The van der Waals surface area contributed by atoms with Crippen LogP contribution in [0, 0.1) is 5.92 Å². The molecular formula is C16H18ClN5O. The molecule has 0 aliphatic carbocycles. The maximum absolute atomic E-state index is 12.4. The lowest BCUT2D eigenvalue weighted by Crippen LogP contribution is -2.43. The first-order valence-corrected chi connectivity index (χ1v) is 8.02. The number of pyridine rings is 1. The summed E-state index contributed by atoms with van der Waals surface area (Å²) in [6, 6.07) is 9.22. The molecule has 3 rings (SSSR count). The molecule has 1 atom stereocenters. The Kier molecular flexibility index (Phi) is 5.02. The van der Waals surface area contributed by atoms with Gasteiger partial charge in [0, 0.05) is 19.3 Å². The number of nitrogens with one attached hydrogen (secondary N) is 1. The number of anilines is 1. The van der Waals surface area contributed by atoms with Crippen molar-refractivity contribution < 1.29 is 4.79 Å². The Morgan fingerprint density at radius 3 is 2.96 bits per heavy atom. The van der Waals surface area contributed by atoms with Crippen molar-refractivity contribution in [3.63, 3.8) is 0 Å². The smallest absolute Gasteiger partial charge is 0.225 e. The number of amides is 1. The Bertz CT molecular complexity index is 649. The zero-order valence-corrected chi connectivity index (χ0v) is 13.4. The van der Waals surface area contributed by atoms with Crippen molar-refractivity contribution in [2.75, 3.05) is 18.0 Å². The van der Waals surface area contributed by atoms with Crippen molar-refractivity contribution >= 4 is 23.3 Å². The van der Waals surface area contributed by atoms with Gasteiger partial charge in [-0.3, -0.25) is 9.78 Å². The molecule has 0 spiro atoms. The van der Waals surface area contributed by atoms with Crippen LogP contribution in [0.2, 0.25) is 5.15 Å². The number of nitrogens with zero attached hydrogens (tertiary/aromatic N) is 4. The third-order valence-electron chi connectivity index (χ3n) is 3.90. The zero-order valence-electron chi connectivity index (χ0n) is 12.7. The Morgan fingerprint density at radius 1 is 1.30 bits per heavy atom. The summed E-state index contributed by atoms with van der Waals surface area (Å²) in [5.41, 5.74) is 0.858. The maximum atomic E-state index is 12.4. The van der Waals surface area contributed by atoms with Gasteiger partial charge < -0.3 is 10.2 Å². The van der Waals surface area contributed by atoms with Crippen LogP contribution in [0.1, 0.15) is 18.5 Å². The molecule has 1 unspecified atom stereocenters. The minimum absolute atomic E-state index is 0.0510. The van der Waals surface area contributed by atoms with Crippen LogP contribution in [0.5, 0.6) is 0 Å². The van der Waals surface area contributed by atoms with Crippen molar-refractivity contribution in [2.24, 2.45) is 5.92 Å². The van der Waals surface area contributed by atoms with Crippen LogP contribution in [0.25, 0.3) is 0 Å². The lowest BCUT2D eigenvalue weighted by molar-refractivity contribution is -0.125. The number of carbonyl (C=O) groups is 1. The Morgan fingerprint density at radius 2 is 2.22 bits per heavy atom. The molecule has 0 saturated carbocycles. The summed E-state index contributed by atoms with van der Waals surface area (Å²) in [5, 5.41) is 11.3. The molecule has 1 saturated heterocycles. The van der Waals surface area contributed by atoms with Crippen LogP contribution >= 0.6 is 11.6 Å². The second-order valence-corrected chi connectivity index (χ2v) is 5.93. The zero-order chi connectivity index (χ0) is 16.1. The van der Waals surface area contributed by atoms with Gasteiger partial charge in [0.2, 0.25) is 5.91 Å². The summed E-state index contributed by atoms with van der Waals surface area (Å²) in [4.78, 5) is 18.7. The summed E-state index contributed by atoms with van der Waals surface area (Å²) in [6.45, 7) is 1.97. The lowest BCUT2D eigenvalue weighted by atomic mass is 9.97. The maximum Gasteiger partial charge on any atom is 0.225 e. The molecule has 7 heteroatoms. The van der Waals surface area contributed by atoms with E-state index in [-0.39, 0.29) is 11.8 Å². The molecule has 1 amide bonds. The first kappa shape index (κ1) is 15.7. The molecule has 3 heterocycles. The van der Waals surface area contributed by atoms with Crippen LogP contribution in [-0.4, -0.2) is 34.2 Å². The van der Waals surface area contributed by atoms with Gasteiger partial charge >= 0.3 is 0 Å². The van der Waals surface area contributed by atoms with E-state index < -0.39 is 0 Å². The van der Waals surface area contributed by atoms with E-state index in [1.807, 2.05) is 24.3 Å². The van der Waals surface area contributed by atoms with Crippen molar-refractivity contribution in [3.05, 3.63) is 47.4 Å². The van der Waals surface area contributed by atoms with E-state index in [9.17, 15) is 4.79 Å². The number of rotatable bonds is 4. The molecule has 0 radical (unpaired) electrons. The fraction of sp³-hybridized carbons (Fsp3) is 0.375. The fourth-order valence-corrected chi connectivity index (χ4v) is 2.80. The minimum atomic E-state index is -0.0510. The third-order valence-corrected chi connectivity index (χ3v) is 4.11. The fourth-order valence-electron chi connectivity index (χ4n) is 2.70. The van der Waals surface area contributed by atoms with Crippen LogP contribution in [0.15, 0.2) is 36.5 Å². The second kappa shape index (κ2) is 7.37. The lowest BCUT2D eigenvalue weighted by Gasteiger charge is -2.32. The predicted octanol–water partition coefficient (Wildman–Crippen LogP) is 2.06. The van der Waals surface area contributed by atoms with Gasteiger partial charge in [-0.1, -0.05) is 17.7 Å². The highest BCUT2D eigenvalue weighted by molar-refractivity contribution is 6.29. The van der Waals surface area contributed by atoms with E-state index in [1.165, 1.54) is 0 Å². The van der Waals surface area contributed by atoms with Gasteiger partial charge in [-0.2, -0.15) is 0 Å². The van der Waals surface area contributed by atoms with E-state index >= 15 is 0 Å². The molecule has 23 heavy (non-hydrogen) atoms. The standard InChI is InChI=1S/C16H18ClN5O/c17-14-6-7-15(21-20-14)22-9-3-4-12(11-22)16(23)19-10-13-5-1-2-8-18-13/h1-2,5-8,12H,3-4,9-11H2,(H,19,23). The van der Waals surface area contributed by atoms with E-state index in [2.05, 4.69) is 25.4 Å². The van der Waals surface area contributed by atoms with Gasteiger partial charge in [0.25, 0.3) is 0 Å². The monoisotopic (exact) mass is 331 g/mol. The van der Waals surface area contributed by atoms with Crippen LogP contribution in [-0.2, 0) is 11.3 Å². The van der Waals surface area contributed by atoms with Gasteiger partial charge in [0.15, 0.2) is 11.0 Å². The predicted molar refractivity (Wildman–Crippen MR) is 88.1 cm³/mol. The topological polar surface area (TPSA) is 71.0 Å². The number of halogens is 1. The highest BCUT2D eigenvalue weighted by Gasteiger charge is 2.26. The van der Waals surface area contributed by atoms with Crippen molar-refractivity contribution in [1.82, 2.24) is 20.5 Å². The van der Waals surface area contributed by atoms with Crippen LogP contribution in [0.3, 0.4) is 0 Å². The highest BCUT2D eigenvalue weighted by atomic mass is 35.5. The molecule has 0 aromatic carbocycles. The van der Waals surface area contributed by atoms with Crippen LogP contribution in [0.4, 0.5) is 5.82 Å². The van der Waals surface area contributed by atoms with Crippen molar-refractivity contribution in [1.29, 1.82) is 0 Å². The van der Waals surface area contributed by atoms with Crippen molar-refractivity contribution in [2.45, 2.75) is 19.4 Å². The largest absolute Gasteiger partial charge is 0.354 e. The Balaban J connectivity index is 1.57. The molecular weight excluding hydrogens is 314 g/mol. The van der Waals surface area contributed by atoms with Gasteiger partial charge in [0.1, 0.15) is 0 Å². The normalized spacial score (nSPS) is 17.8. The first-order chi connectivity index (χ1) is 11.2.